The largest absolute Gasteiger partial charge is 0.465 e. The molecule has 0 spiro atoms. The molecule has 3 aromatic rings. The van der Waals surface area contributed by atoms with Crippen molar-refractivity contribution in [2.75, 3.05) is 18.2 Å². The number of nitrogens with one attached hydrogen (secondary N) is 2. The minimum absolute atomic E-state index is 0.0956. The first-order chi connectivity index (χ1) is 15.8. The lowest BCUT2D eigenvalue weighted by molar-refractivity contribution is -0.113. The third-order valence-corrected chi connectivity index (χ3v) is 5.91. The van der Waals surface area contributed by atoms with Crippen LogP contribution < -0.4 is 10.6 Å². The van der Waals surface area contributed by atoms with Gasteiger partial charge in [0.25, 0.3) is 5.91 Å². The van der Waals surface area contributed by atoms with Crippen LogP contribution in [0.5, 0.6) is 0 Å². The van der Waals surface area contributed by atoms with E-state index in [2.05, 4.69) is 20.8 Å². The number of carbonyl (C=O) groups excluding carboxylic acids is 3. The number of aryl methyl sites for hydroxylation is 1. The second-order valence-electron chi connectivity index (χ2n) is 7.32. The molecule has 2 aromatic carbocycles. The van der Waals surface area contributed by atoms with E-state index in [1.807, 2.05) is 32.0 Å². The van der Waals surface area contributed by atoms with Gasteiger partial charge in [-0.05, 0) is 43.7 Å². The van der Waals surface area contributed by atoms with Crippen molar-refractivity contribution in [1.82, 2.24) is 20.1 Å². The van der Waals surface area contributed by atoms with Crippen molar-refractivity contribution >= 4 is 35.2 Å². The average molecular weight is 468 g/mol. The third-order valence-electron chi connectivity index (χ3n) is 4.89. The summed E-state index contributed by atoms with van der Waals surface area (Å²) in [4.78, 5) is 36.6. The van der Waals surface area contributed by atoms with Crippen molar-refractivity contribution < 1.29 is 19.1 Å². The van der Waals surface area contributed by atoms with Gasteiger partial charge in [0.15, 0.2) is 11.0 Å². The van der Waals surface area contributed by atoms with Gasteiger partial charge in [0.1, 0.15) is 0 Å². The van der Waals surface area contributed by atoms with Gasteiger partial charge < -0.3 is 19.9 Å². The first-order valence-electron chi connectivity index (χ1n) is 10.2. The summed E-state index contributed by atoms with van der Waals surface area (Å²) in [6.45, 7) is 3.71. The second kappa shape index (κ2) is 10.8. The van der Waals surface area contributed by atoms with Crippen LogP contribution in [0.3, 0.4) is 0 Å². The molecule has 1 heterocycles. The van der Waals surface area contributed by atoms with Crippen molar-refractivity contribution in [1.29, 1.82) is 0 Å². The van der Waals surface area contributed by atoms with Crippen LogP contribution in [-0.2, 0) is 16.6 Å². The molecule has 0 aliphatic heterocycles. The Morgan fingerprint density at radius 3 is 2.61 bits per heavy atom. The van der Waals surface area contributed by atoms with Gasteiger partial charge in [-0.1, -0.05) is 36.0 Å². The number of ether oxygens (including phenoxy) is 1. The van der Waals surface area contributed by atoms with E-state index in [0.717, 1.165) is 5.56 Å². The number of esters is 1. The summed E-state index contributed by atoms with van der Waals surface area (Å²) >= 11 is 1.22. The zero-order valence-corrected chi connectivity index (χ0v) is 19.6. The van der Waals surface area contributed by atoms with E-state index in [1.165, 1.54) is 18.9 Å². The number of anilines is 1. The highest BCUT2D eigenvalue weighted by Gasteiger charge is 2.19. The zero-order valence-electron chi connectivity index (χ0n) is 18.8. The normalized spacial score (nSPS) is 11.5. The minimum atomic E-state index is -0.476. The highest BCUT2D eigenvalue weighted by atomic mass is 32.2. The number of amides is 2. The maximum atomic E-state index is 12.6. The summed E-state index contributed by atoms with van der Waals surface area (Å²) in [5.41, 5.74) is 2.34. The van der Waals surface area contributed by atoms with E-state index in [9.17, 15) is 14.4 Å². The number of thioether (sulfide) groups is 1. The molecule has 0 aliphatic carbocycles. The quantitative estimate of drug-likeness (QED) is 0.386. The molecule has 0 radical (unpaired) electrons. The molecule has 0 fully saturated rings. The summed E-state index contributed by atoms with van der Waals surface area (Å²) < 4.78 is 6.44. The van der Waals surface area contributed by atoms with Crippen molar-refractivity contribution in [2.24, 2.45) is 7.05 Å². The SMILES string of the molecule is COC(=O)c1cccc(NC(=O)CSc2nnc([C@@H](C)NC(=O)c3ccccc3C)n2C)c1. The first-order valence-corrected chi connectivity index (χ1v) is 11.2. The van der Waals surface area contributed by atoms with Gasteiger partial charge in [-0.3, -0.25) is 9.59 Å². The molecule has 0 unspecified atom stereocenters. The summed E-state index contributed by atoms with van der Waals surface area (Å²) in [6.07, 6.45) is 0. The molecule has 3 rings (SSSR count). The van der Waals surface area contributed by atoms with E-state index in [1.54, 1.807) is 41.9 Å². The van der Waals surface area contributed by atoms with Crippen LogP contribution in [0.2, 0.25) is 0 Å². The molecular weight excluding hydrogens is 442 g/mol. The fraction of sp³-hybridized carbons (Fsp3) is 0.261. The van der Waals surface area contributed by atoms with Gasteiger partial charge in [0.2, 0.25) is 5.91 Å². The number of rotatable bonds is 8. The molecule has 1 aromatic heterocycles. The van der Waals surface area contributed by atoms with E-state index >= 15 is 0 Å². The van der Waals surface area contributed by atoms with Crippen molar-refractivity contribution in [3.63, 3.8) is 0 Å². The third kappa shape index (κ3) is 5.98. The van der Waals surface area contributed by atoms with Gasteiger partial charge in [-0.2, -0.15) is 0 Å². The fourth-order valence-corrected chi connectivity index (χ4v) is 3.88. The molecule has 9 nitrogen and oxygen atoms in total. The highest BCUT2D eigenvalue weighted by molar-refractivity contribution is 7.99. The summed E-state index contributed by atoms with van der Waals surface area (Å²) in [7, 11) is 3.08. The molecule has 0 aliphatic rings. The Bertz CT molecular complexity index is 1180. The molecule has 10 heteroatoms. The first kappa shape index (κ1) is 24.0. The van der Waals surface area contributed by atoms with Crippen molar-refractivity contribution in [3.05, 3.63) is 71.0 Å². The van der Waals surface area contributed by atoms with Gasteiger partial charge in [0.05, 0.1) is 24.5 Å². The van der Waals surface area contributed by atoms with Crippen LogP contribution in [0.4, 0.5) is 5.69 Å². The lowest BCUT2D eigenvalue weighted by atomic mass is 10.1. The van der Waals surface area contributed by atoms with E-state index < -0.39 is 5.97 Å². The zero-order chi connectivity index (χ0) is 24.0. The van der Waals surface area contributed by atoms with Crippen LogP contribution >= 0.6 is 11.8 Å². The monoisotopic (exact) mass is 467 g/mol. The Hall–Kier alpha value is -3.66. The minimum Gasteiger partial charge on any atom is -0.465 e. The van der Waals surface area contributed by atoms with Crippen LogP contribution in [0.25, 0.3) is 0 Å². The fourth-order valence-electron chi connectivity index (χ4n) is 3.16. The van der Waals surface area contributed by atoms with E-state index in [4.69, 9.17) is 4.74 Å². The van der Waals surface area contributed by atoms with Crippen molar-refractivity contribution in [2.45, 2.75) is 25.0 Å². The molecule has 2 amide bonds. The standard InChI is InChI=1S/C23H25N5O4S/c1-14-8-5-6-11-18(14)21(30)24-15(2)20-26-27-23(28(20)3)33-13-19(29)25-17-10-7-9-16(12-17)22(31)32-4/h5-12,15H,13H2,1-4H3,(H,24,30)(H,25,29)/t15-/m1/s1. The molecule has 0 saturated heterocycles. The number of hydrogen-bond acceptors (Lipinski definition) is 7. The molecule has 33 heavy (non-hydrogen) atoms. The van der Waals surface area contributed by atoms with E-state index in [-0.39, 0.29) is 23.6 Å². The predicted molar refractivity (Wildman–Crippen MR) is 125 cm³/mol. The average Bonchev–Trinajstić information content (AvgIpc) is 3.17. The Labute approximate surface area is 195 Å². The highest BCUT2D eigenvalue weighted by Crippen LogP contribution is 2.20. The summed E-state index contributed by atoms with van der Waals surface area (Å²) in [5, 5.41) is 14.6. The predicted octanol–water partition coefficient (Wildman–Crippen LogP) is 3.13. The molecule has 172 valence electrons. The lowest BCUT2D eigenvalue weighted by Crippen LogP contribution is -2.29. The van der Waals surface area contributed by atoms with Crippen LogP contribution in [0.15, 0.2) is 53.7 Å². The molecule has 0 bridgehead atoms. The summed E-state index contributed by atoms with van der Waals surface area (Å²) in [6, 6.07) is 13.5. The topological polar surface area (TPSA) is 115 Å². The number of carbonyl (C=O) groups is 3. The van der Waals surface area contributed by atoms with Crippen LogP contribution in [0, 0.1) is 6.92 Å². The molecular formula is C23H25N5O4S. The lowest BCUT2D eigenvalue weighted by Gasteiger charge is -2.14. The number of nitrogens with zero attached hydrogens (tertiary/aromatic N) is 3. The molecule has 0 saturated carbocycles. The van der Waals surface area contributed by atoms with Gasteiger partial charge in [-0.25, -0.2) is 4.79 Å². The van der Waals surface area contributed by atoms with Gasteiger partial charge in [0, 0.05) is 18.3 Å². The Morgan fingerprint density at radius 1 is 1.12 bits per heavy atom. The smallest absolute Gasteiger partial charge is 0.337 e. The Balaban J connectivity index is 1.58. The number of methoxy groups -OCH3 is 1. The number of benzene rings is 2. The van der Waals surface area contributed by atoms with Crippen LogP contribution in [-0.4, -0.2) is 45.4 Å². The molecule has 1 atom stereocenters. The Kier molecular flexibility index (Phi) is 7.83. The van der Waals surface area contributed by atoms with Gasteiger partial charge in [-0.15, -0.1) is 10.2 Å². The van der Waals surface area contributed by atoms with Crippen LogP contribution in [0.1, 0.15) is 45.1 Å². The second-order valence-corrected chi connectivity index (χ2v) is 8.26. The number of aromatic nitrogens is 3. The van der Waals surface area contributed by atoms with Gasteiger partial charge >= 0.3 is 5.97 Å². The maximum Gasteiger partial charge on any atom is 0.337 e. The van der Waals surface area contributed by atoms with E-state index in [0.29, 0.717) is 27.8 Å². The summed E-state index contributed by atoms with van der Waals surface area (Å²) in [5.74, 6) is -0.251. The molecule has 2 N–H and O–H groups in total. The van der Waals surface area contributed by atoms with Crippen molar-refractivity contribution in [3.8, 4) is 0 Å². The maximum absolute atomic E-state index is 12.6. The number of hydrogen-bond donors (Lipinski definition) is 2. The Morgan fingerprint density at radius 2 is 1.88 bits per heavy atom.